The highest BCUT2D eigenvalue weighted by Crippen LogP contribution is 2.24. The number of nitrogens with zero attached hydrogens (tertiary/aromatic N) is 3. The molecule has 8 nitrogen and oxygen atoms in total. The Morgan fingerprint density at radius 2 is 1.82 bits per heavy atom. The van der Waals surface area contributed by atoms with E-state index in [4.69, 9.17) is 4.74 Å². The Morgan fingerprint density at radius 1 is 1.12 bits per heavy atom. The molecule has 0 aliphatic carbocycles. The second-order valence-electron chi connectivity index (χ2n) is 7.61. The summed E-state index contributed by atoms with van der Waals surface area (Å²) in [4.78, 5) is 17.3. The van der Waals surface area contributed by atoms with Crippen molar-refractivity contribution in [1.29, 1.82) is 0 Å². The van der Waals surface area contributed by atoms with Crippen LogP contribution in [0.5, 0.6) is 0 Å². The van der Waals surface area contributed by atoms with Crippen molar-refractivity contribution in [2.24, 2.45) is 0 Å². The van der Waals surface area contributed by atoms with Gasteiger partial charge in [-0.25, -0.2) is 13.4 Å². The van der Waals surface area contributed by atoms with Gasteiger partial charge in [-0.1, -0.05) is 42.1 Å². The zero-order chi connectivity index (χ0) is 23.3. The molecular formula is C23H26N4O4S2. The molecule has 174 valence electrons. The van der Waals surface area contributed by atoms with Crippen molar-refractivity contribution in [3.05, 3.63) is 72.6 Å². The maximum absolute atomic E-state index is 12.7. The second kappa shape index (κ2) is 10.5. The fraction of sp³-hybridized carbons (Fsp3) is 0.304. The monoisotopic (exact) mass is 486 g/mol. The minimum absolute atomic E-state index is 0.182. The minimum atomic E-state index is -3.56. The van der Waals surface area contributed by atoms with Gasteiger partial charge in [-0.3, -0.25) is 4.79 Å². The van der Waals surface area contributed by atoms with Gasteiger partial charge in [-0.2, -0.15) is 4.31 Å². The van der Waals surface area contributed by atoms with Crippen LogP contribution in [-0.4, -0.2) is 59.7 Å². The lowest BCUT2D eigenvalue weighted by Gasteiger charge is -2.26. The number of sulfonamides is 1. The molecule has 1 atom stereocenters. The number of imidazole rings is 1. The Balaban J connectivity index is 1.36. The van der Waals surface area contributed by atoms with Crippen LogP contribution in [0.3, 0.4) is 0 Å². The molecule has 0 saturated carbocycles. The summed E-state index contributed by atoms with van der Waals surface area (Å²) in [5, 5.41) is 3.22. The number of hydrogen-bond donors (Lipinski definition) is 1. The van der Waals surface area contributed by atoms with E-state index in [0.29, 0.717) is 38.5 Å². The van der Waals surface area contributed by atoms with Gasteiger partial charge in [0.15, 0.2) is 5.16 Å². The van der Waals surface area contributed by atoms with E-state index in [9.17, 15) is 13.2 Å². The Morgan fingerprint density at radius 3 is 2.52 bits per heavy atom. The predicted octanol–water partition coefficient (Wildman–Crippen LogP) is 3.07. The van der Waals surface area contributed by atoms with Crippen LogP contribution in [0.1, 0.15) is 12.5 Å². The summed E-state index contributed by atoms with van der Waals surface area (Å²) in [6.07, 6.45) is 3.62. The number of carbonyl (C=O) groups is 1. The van der Waals surface area contributed by atoms with Crippen molar-refractivity contribution in [2.45, 2.75) is 28.8 Å². The fourth-order valence-corrected chi connectivity index (χ4v) is 5.69. The normalized spacial score (nSPS) is 15.8. The number of aromatic nitrogens is 2. The summed E-state index contributed by atoms with van der Waals surface area (Å²) in [7, 11) is -3.56. The summed E-state index contributed by atoms with van der Waals surface area (Å²) in [6.45, 7) is 3.97. The zero-order valence-corrected chi connectivity index (χ0v) is 19.9. The van der Waals surface area contributed by atoms with E-state index < -0.39 is 15.3 Å². The van der Waals surface area contributed by atoms with E-state index >= 15 is 0 Å². The molecule has 1 amide bonds. The first-order valence-electron chi connectivity index (χ1n) is 10.6. The van der Waals surface area contributed by atoms with E-state index in [1.807, 2.05) is 48.0 Å². The first-order chi connectivity index (χ1) is 15.9. The number of carbonyl (C=O) groups excluding carboxylic acids is 1. The van der Waals surface area contributed by atoms with Crippen molar-refractivity contribution in [2.75, 3.05) is 31.6 Å². The molecule has 33 heavy (non-hydrogen) atoms. The van der Waals surface area contributed by atoms with Gasteiger partial charge < -0.3 is 14.6 Å². The van der Waals surface area contributed by atoms with Crippen molar-refractivity contribution >= 4 is 33.4 Å². The number of hydrogen-bond acceptors (Lipinski definition) is 6. The van der Waals surface area contributed by atoms with Gasteiger partial charge >= 0.3 is 0 Å². The van der Waals surface area contributed by atoms with Gasteiger partial charge in [0.05, 0.1) is 23.4 Å². The number of thioether (sulfide) groups is 1. The maximum Gasteiger partial charge on any atom is 0.243 e. The molecule has 1 unspecified atom stereocenters. The molecule has 4 rings (SSSR count). The largest absolute Gasteiger partial charge is 0.379 e. The third-order valence-corrected chi connectivity index (χ3v) is 8.29. The molecule has 1 aliphatic heterocycles. The SMILES string of the molecule is CC(Sc1nccn1Cc1ccccc1)C(=O)Nc1ccc(S(=O)(=O)N2CCOCC2)cc1. The first kappa shape index (κ1) is 23.5. The molecule has 1 N–H and O–H groups in total. The van der Waals surface area contributed by atoms with Crippen LogP contribution in [0.2, 0.25) is 0 Å². The molecule has 10 heteroatoms. The van der Waals surface area contributed by atoms with Gasteiger partial charge in [-0.05, 0) is 36.8 Å². The average molecular weight is 487 g/mol. The summed E-state index contributed by atoms with van der Waals surface area (Å²) in [5.74, 6) is -0.182. The van der Waals surface area contributed by atoms with E-state index in [1.165, 1.54) is 28.2 Å². The lowest BCUT2D eigenvalue weighted by molar-refractivity contribution is -0.115. The summed E-state index contributed by atoms with van der Waals surface area (Å²) < 4.78 is 34.1. The number of anilines is 1. The fourth-order valence-electron chi connectivity index (χ4n) is 3.42. The lowest BCUT2D eigenvalue weighted by atomic mass is 10.2. The number of ether oxygens (including phenoxy) is 1. The third-order valence-electron chi connectivity index (χ3n) is 5.25. The molecule has 1 aliphatic rings. The smallest absolute Gasteiger partial charge is 0.243 e. The van der Waals surface area contributed by atoms with E-state index in [2.05, 4.69) is 10.3 Å². The Hall–Kier alpha value is -2.66. The van der Waals surface area contributed by atoms with Crippen LogP contribution in [0.4, 0.5) is 5.69 Å². The van der Waals surface area contributed by atoms with Crippen LogP contribution >= 0.6 is 11.8 Å². The standard InChI is InChI=1S/C23H26N4O4S2/c1-18(32-23-24-11-12-26(23)17-19-5-3-2-4-6-19)22(28)25-20-7-9-21(10-8-20)33(29,30)27-13-15-31-16-14-27/h2-12,18H,13-17H2,1H3,(H,25,28). The molecule has 1 saturated heterocycles. The Kier molecular flexibility index (Phi) is 7.49. The van der Waals surface area contributed by atoms with Gasteiger partial charge in [-0.15, -0.1) is 0 Å². The zero-order valence-electron chi connectivity index (χ0n) is 18.3. The van der Waals surface area contributed by atoms with Crippen LogP contribution in [0.15, 0.2) is 77.0 Å². The summed E-state index contributed by atoms with van der Waals surface area (Å²) in [5.41, 5.74) is 1.70. The van der Waals surface area contributed by atoms with E-state index in [-0.39, 0.29) is 10.8 Å². The molecule has 1 aromatic heterocycles. The number of morpholine rings is 1. The molecule has 0 radical (unpaired) electrons. The lowest BCUT2D eigenvalue weighted by Crippen LogP contribution is -2.40. The number of rotatable bonds is 8. The Labute approximate surface area is 198 Å². The Bertz CT molecular complexity index is 1170. The molecule has 2 aromatic carbocycles. The van der Waals surface area contributed by atoms with Crippen LogP contribution in [0, 0.1) is 0 Å². The molecule has 1 fully saturated rings. The van der Waals surface area contributed by atoms with Crippen molar-refractivity contribution < 1.29 is 17.9 Å². The van der Waals surface area contributed by atoms with Crippen molar-refractivity contribution in [1.82, 2.24) is 13.9 Å². The van der Waals surface area contributed by atoms with Crippen LogP contribution in [0.25, 0.3) is 0 Å². The number of nitrogens with one attached hydrogen (secondary N) is 1. The number of benzene rings is 2. The molecule has 3 aromatic rings. The summed E-state index contributed by atoms with van der Waals surface area (Å²) >= 11 is 1.38. The highest BCUT2D eigenvalue weighted by Gasteiger charge is 2.26. The highest BCUT2D eigenvalue weighted by atomic mass is 32.2. The van der Waals surface area contributed by atoms with E-state index in [1.54, 1.807) is 18.3 Å². The highest BCUT2D eigenvalue weighted by molar-refractivity contribution is 8.00. The van der Waals surface area contributed by atoms with Crippen LogP contribution in [-0.2, 0) is 26.1 Å². The van der Waals surface area contributed by atoms with Gasteiger partial charge in [0.25, 0.3) is 0 Å². The average Bonchev–Trinajstić information content (AvgIpc) is 3.27. The van der Waals surface area contributed by atoms with Crippen molar-refractivity contribution in [3.8, 4) is 0 Å². The van der Waals surface area contributed by atoms with Gasteiger partial charge in [0.2, 0.25) is 15.9 Å². The summed E-state index contributed by atoms with van der Waals surface area (Å²) in [6, 6.07) is 16.3. The van der Waals surface area contributed by atoms with E-state index in [0.717, 1.165) is 10.7 Å². The molecule has 0 spiro atoms. The quantitative estimate of drug-likeness (QED) is 0.492. The van der Waals surface area contributed by atoms with Gasteiger partial charge in [0, 0.05) is 37.7 Å². The molecule has 2 heterocycles. The molecule has 0 bridgehead atoms. The third kappa shape index (κ3) is 5.83. The first-order valence-corrected chi connectivity index (χ1v) is 13.0. The van der Waals surface area contributed by atoms with Crippen molar-refractivity contribution in [3.63, 3.8) is 0 Å². The minimum Gasteiger partial charge on any atom is -0.379 e. The second-order valence-corrected chi connectivity index (χ2v) is 10.9. The maximum atomic E-state index is 12.7. The van der Waals surface area contributed by atoms with Crippen LogP contribution < -0.4 is 5.32 Å². The molecular weight excluding hydrogens is 460 g/mol. The number of amides is 1. The topological polar surface area (TPSA) is 93.5 Å². The van der Waals surface area contributed by atoms with Gasteiger partial charge in [0.1, 0.15) is 0 Å². The predicted molar refractivity (Wildman–Crippen MR) is 128 cm³/mol.